The second-order valence-corrected chi connectivity index (χ2v) is 8.49. The quantitative estimate of drug-likeness (QED) is 0.457. The molecule has 3 aromatic carbocycles. The SMILES string of the molecule is COc1ccc(S(=O)(=O)c2cnc3ccc(F)cc3c2-c2cccc(OC)c2)cc1. The van der Waals surface area contributed by atoms with Gasteiger partial charge in [0.05, 0.1) is 29.5 Å². The highest BCUT2D eigenvalue weighted by molar-refractivity contribution is 7.91. The normalized spacial score (nSPS) is 11.4. The second kappa shape index (κ2) is 7.76. The summed E-state index contributed by atoms with van der Waals surface area (Å²) >= 11 is 0. The van der Waals surface area contributed by atoms with Gasteiger partial charge in [-0.2, -0.15) is 0 Å². The number of benzene rings is 3. The predicted octanol–water partition coefficient (Wildman–Crippen LogP) is 4.89. The third-order valence-electron chi connectivity index (χ3n) is 4.81. The lowest BCUT2D eigenvalue weighted by Crippen LogP contribution is -2.06. The highest BCUT2D eigenvalue weighted by atomic mass is 32.2. The van der Waals surface area contributed by atoms with Crippen molar-refractivity contribution in [3.05, 3.63) is 78.7 Å². The highest BCUT2D eigenvalue weighted by Crippen LogP contribution is 2.38. The van der Waals surface area contributed by atoms with Gasteiger partial charge >= 0.3 is 0 Å². The molecule has 5 nitrogen and oxygen atoms in total. The molecule has 0 aliphatic heterocycles. The fourth-order valence-electron chi connectivity index (χ4n) is 3.31. The van der Waals surface area contributed by atoms with E-state index >= 15 is 0 Å². The third kappa shape index (κ3) is 3.48. The van der Waals surface area contributed by atoms with Crippen LogP contribution in [0.1, 0.15) is 0 Å². The Labute approximate surface area is 173 Å². The number of fused-ring (bicyclic) bond motifs is 1. The summed E-state index contributed by atoms with van der Waals surface area (Å²) in [7, 11) is -0.916. The molecule has 0 radical (unpaired) electrons. The van der Waals surface area contributed by atoms with E-state index in [1.807, 2.05) is 0 Å². The topological polar surface area (TPSA) is 65.5 Å². The molecule has 0 fully saturated rings. The molecule has 0 atom stereocenters. The van der Waals surface area contributed by atoms with Gasteiger partial charge in [-0.25, -0.2) is 12.8 Å². The molecule has 0 unspecified atom stereocenters. The van der Waals surface area contributed by atoms with Crippen LogP contribution < -0.4 is 9.47 Å². The number of aromatic nitrogens is 1. The van der Waals surface area contributed by atoms with Gasteiger partial charge in [0, 0.05) is 17.1 Å². The molecule has 0 aliphatic rings. The molecule has 0 saturated heterocycles. The summed E-state index contributed by atoms with van der Waals surface area (Å²) in [6, 6.07) is 17.2. The van der Waals surface area contributed by atoms with Gasteiger partial charge in [-0.15, -0.1) is 0 Å². The largest absolute Gasteiger partial charge is 0.497 e. The molecule has 1 heterocycles. The summed E-state index contributed by atoms with van der Waals surface area (Å²) in [5, 5.41) is 0.401. The molecule has 0 spiro atoms. The minimum atomic E-state index is -3.95. The van der Waals surface area contributed by atoms with E-state index in [0.717, 1.165) is 0 Å². The zero-order chi connectivity index (χ0) is 21.3. The van der Waals surface area contributed by atoms with E-state index in [4.69, 9.17) is 9.47 Å². The van der Waals surface area contributed by atoms with Gasteiger partial charge in [-0.05, 0) is 60.2 Å². The van der Waals surface area contributed by atoms with Crippen LogP contribution >= 0.6 is 0 Å². The summed E-state index contributed by atoms with van der Waals surface area (Å²) in [6.07, 6.45) is 1.31. The number of nitrogens with zero attached hydrogens (tertiary/aromatic N) is 1. The van der Waals surface area contributed by atoms with Crippen molar-refractivity contribution in [2.75, 3.05) is 14.2 Å². The van der Waals surface area contributed by atoms with Crippen LogP contribution in [0.2, 0.25) is 0 Å². The number of hydrogen-bond donors (Lipinski definition) is 0. The van der Waals surface area contributed by atoms with Crippen LogP contribution in [0.4, 0.5) is 4.39 Å². The lowest BCUT2D eigenvalue weighted by atomic mass is 10.0. The zero-order valence-electron chi connectivity index (χ0n) is 16.3. The molecule has 1 aromatic heterocycles. The van der Waals surface area contributed by atoms with Gasteiger partial charge < -0.3 is 9.47 Å². The summed E-state index contributed by atoms with van der Waals surface area (Å²) in [6.45, 7) is 0. The first kappa shape index (κ1) is 19.8. The van der Waals surface area contributed by atoms with Crippen molar-refractivity contribution in [3.8, 4) is 22.6 Å². The number of ether oxygens (including phenoxy) is 2. The average molecular weight is 423 g/mol. The molecule has 30 heavy (non-hydrogen) atoms. The van der Waals surface area contributed by atoms with Gasteiger partial charge in [0.2, 0.25) is 9.84 Å². The number of sulfone groups is 1. The Morgan fingerprint density at radius 2 is 1.60 bits per heavy atom. The maximum Gasteiger partial charge on any atom is 0.208 e. The Hall–Kier alpha value is -3.45. The summed E-state index contributed by atoms with van der Waals surface area (Å²) in [5.74, 6) is 0.620. The number of halogens is 1. The summed E-state index contributed by atoms with van der Waals surface area (Å²) in [4.78, 5) is 4.35. The van der Waals surface area contributed by atoms with Crippen LogP contribution in [0.5, 0.6) is 11.5 Å². The van der Waals surface area contributed by atoms with Gasteiger partial charge in [-0.3, -0.25) is 4.98 Å². The first-order valence-corrected chi connectivity index (χ1v) is 10.5. The predicted molar refractivity (Wildman–Crippen MR) is 112 cm³/mol. The Morgan fingerprint density at radius 3 is 2.30 bits per heavy atom. The van der Waals surface area contributed by atoms with Crippen LogP contribution in [0, 0.1) is 5.82 Å². The van der Waals surface area contributed by atoms with Crippen LogP contribution in [-0.4, -0.2) is 27.6 Å². The molecule has 0 amide bonds. The molecule has 7 heteroatoms. The fraction of sp³-hybridized carbons (Fsp3) is 0.0870. The summed E-state index contributed by atoms with van der Waals surface area (Å²) < 4.78 is 51.5. The molecule has 152 valence electrons. The van der Waals surface area contributed by atoms with E-state index in [1.54, 1.807) is 36.4 Å². The van der Waals surface area contributed by atoms with Gasteiger partial charge in [0.15, 0.2) is 0 Å². The van der Waals surface area contributed by atoms with E-state index in [9.17, 15) is 12.8 Å². The van der Waals surface area contributed by atoms with Crippen molar-refractivity contribution in [2.24, 2.45) is 0 Å². The van der Waals surface area contributed by atoms with E-state index < -0.39 is 15.7 Å². The van der Waals surface area contributed by atoms with E-state index in [2.05, 4.69) is 4.98 Å². The molecular formula is C23H18FNO4S. The molecule has 4 rings (SSSR count). The van der Waals surface area contributed by atoms with Crippen molar-refractivity contribution >= 4 is 20.7 Å². The minimum Gasteiger partial charge on any atom is -0.497 e. The number of pyridine rings is 1. The van der Waals surface area contributed by atoms with Gasteiger partial charge in [0.1, 0.15) is 17.3 Å². The fourth-order valence-corrected chi connectivity index (χ4v) is 4.74. The molecular weight excluding hydrogens is 405 g/mol. The maximum absolute atomic E-state index is 14.1. The minimum absolute atomic E-state index is 0.0148. The average Bonchev–Trinajstić information content (AvgIpc) is 2.78. The van der Waals surface area contributed by atoms with E-state index in [0.29, 0.717) is 33.5 Å². The number of rotatable bonds is 5. The van der Waals surface area contributed by atoms with Crippen molar-refractivity contribution in [2.45, 2.75) is 9.79 Å². The molecule has 0 aliphatic carbocycles. The van der Waals surface area contributed by atoms with Crippen LogP contribution in [0.25, 0.3) is 22.0 Å². The number of methoxy groups -OCH3 is 2. The first-order valence-electron chi connectivity index (χ1n) is 9.06. The second-order valence-electron chi connectivity index (χ2n) is 6.57. The Bertz CT molecular complexity index is 1340. The van der Waals surface area contributed by atoms with Crippen molar-refractivity contribution in [1.82, 2.24) is 4.98 Å². The van der Waals surface area contributed by atoms with E-state index in [-0.39, 0.29) is 9.79 Å². The smallest absolute Gasteiger partial charge is 0.208 e. The van der Waals surface area contributed by atoms with Crippen LogP contribution in [-0.2, 0) is 9.84 Å². The lowest BCUT2D eigenvalue weighted by Gasteiger charge is -2.15. The Morgan fingerprint density at radius 1 is 0.867 bits per heavy atom. The number of hydrogen-bond acceptors (Lipinski definition) is 5. The standard InChI is InChI=1S/C23H18FNO4S/c1-28-17-7-9-19(10-8-17)30(26,27)22-14-25-21-11-6-16(24)13-20(21)23(22)15-4-3-5-18(12-15)29-2/h3-14H,1-2H3. The first-order chi connectivity index (χ1) is 14.4. The molecule has 0 saturated carbocycles. The maximum atomic E-state index is 14.1. The van der Waals surface area contributed by atoms with Crippen LogP contribution in [0.3, 0.4) is 0 Å². The highest BCUT2D eigenvalue weighted by Gasteiger charge is 2.25. The van der Waals surface area contributed by atoms with Crippen molar-refractivity contribution in [1.29, 1.82) is 0 Å². The van der Waals surface area contributed by atoms with E-state index in [1.165, 1.54) is 50.7 Å². The lowest BCUT2D eigenvalue weighted by molar-refractivity contribution is 0.414. The molecule has 4 aromatic rings. The van der Waals surface area contributed by atoms with Gasteiger partial charge in [-0.1, -0.05) is 12.1 Å². The zero-order valence-corrected chi connectivity index (χ0v) is 17.1. The van der Waals surface area contributed by atoms with Crippen LogP contribution in [0.15, 0.2) is 82.7 Å². The Balaban J connectivity index is 2.04. The summed E-state index contributed by atoms with van der Waals surface area (Å²) in [5.41, 5.74) is 1.44. The monoisotopic (exact) mass is 423 g/mol. The molecule has 0 N–H and O–H groups in total. The van der Waals surface area contributed by atoms with Gasteiger partial charge in [0.25, 0.3) is 0 Å². The Kier molecular flexibility index (Phi) is 5.13. The third-order valence-corrected chi connectivity index (χ3v) is 6.59. The van der Waals surface area contributed by atoms with Crippen molar-refractivity contribution < 1.29 is 22.3 Å². The van der Waals surface area contributed by atoms with Crippen molar-refractivity contribution in [3.63, 3.8) is 0 Å². The molecule has 0 bridgehead atoms.